The van der Waals surface area contributed by atoms with Gasteiger partial charge in [0, 0.05) is 37.4 Å². The Labute approximate surface area is 111 Å². The second kappa shape index (κ2) is 5.17. The highest BCUT2D eigenvalue weighted by atomic mass is 16.4. The summed E-state index contributed by atoms with van der Waals surface area (Å²) in [5.74, 6) is 0. The smallest absolute Gasteiger partial charge is 0.423 e. The first-order chi connectivity index (χ1) is 9.24. The van der Waals surface area contributed by atoms with E-state index in [0.717, 1.165) is 36.1 Å². The first-order valence-corrected chi connectivity index (χ1v) is 6.42. The SMILES string of the molecule is OB(O)C1=CCN(Cc2ccnc3[nH]ccc23)CC1. The molecule has 2 aromatic rings. The number of fused-ring (bicyclic) bond motifs is 1. The van der Waals surface area contributed by atoms with Gasteiger partial charge in [-0.2, -0.15) is 0 Å². The highest BCUT2D eigenvalue weighted by molar-refractivity contribution is 6.50. The molecule has 0 atom stereocenters. The summed E-state index contributed by atoms with van der Waals surface area (Å²) in [7, 11) is -1.31. The highest BCUT2D eigenvalue weighted by Gasteiger charge is 2.20. The molecule has 0 saturated heterocycles. The van der Waals surface area contributed by atoms with E-state index in [0.29, 0.717) is 6.42 Å². The Kier molecular flexibility index (Phi) is 3.37. The average Bonchev–Trinajstić information content (AvgIpc) is 2.89. The lowest BCUT2D eigenvalue weighted by atomic mass is 9.76. The predicted molar refractivity (Wildman–Crippen MR) is 74.3 cm³/mol. The summed E-state index contributed by atoms with van der Waals surface area (Å²) in [6, 6.07) is 4.08. The van der Waals surface area contributed by atoms with E-state index < -0.39 is 7.12 Å². The Hall–Kier alpha value is -1.63. The molecule has 0 amide bonds. The van der Waals surface area contributed by atoms with Crippen LogP contribution in [0.15, 0.2) is 36.1 Å². The fourth-order valence-corrected chi connectivity index (χ4v) is 2.50. The second-order valence-corrected chi connectivity index (χ2v) is 4.85. The molecule has 6 heteroatoms. The predicted octanol–water partition coefficient (Wildman–Crippen LogP) is 0.707. The van der Waals surface area contributed by atoms with Gasteiger partial charge < -0.3 is 15.0 Å². The number of aromatic nitrogens is 2. The van der Waals surface area contributed by atoms with Gasteiger partial charge in [0.2, 0.25) is 0 Å². The maximum atomic E-state index is 9.12. The van der Waals surface area contributed by atoms with E-state index in [1.807, 2.05) is 30.6 Å². The van der Waals surface area contributed by atoms with Crippen LogP contribution in [0.2, 0.25) is 0 Å². The lowest BCUT2D eigenvalue weighted by molar-refractivity contribution is 0.285. The van der Waals surface area contributed by atoms with Crippen LogP contribution in [0.5, 0.6) is 0 Å². The van der Waals surface area contributed by atoms with E-state index in [-0.39, 0.29) is 0 Å². The Morgan fingerprint density at radius 1 is 1.37 bits per heavy atom. The number of hydrogen-bond acceptors (Lipinski definition) is 4. The van der Waals surface area contributed by atoms with Crippen molar-refractivity contribution in [2.24, 2.45) is 0 Å². The third kappa shape index (κ3) is 2.56. The van der Waals surface area contributed by atoms with E-state index in [1.54, 1.807) is 0 Å². The summed E-state index contributed by atoms with van der Waals surface area (Å²) in [4.78, 5) is 9.67. The molecule has 0 fully saturated rings. The minimum atomic E-state index is -1.31. The van der Waals surface area contributed by atoms with Gasteiger partial charge in [-0.25, -0.2) is 4.98 Å². The monoisotopic (exact) mass is 257 g/mol. The number of pyridine rings is 1. The van der Waals surface area contributed by atoms with Crippen LogP contribution in [-0.2, 0) is 6.54 Å². The quantitative estimate of drug-likeness (QED) is 0.708. The minimum Gasteiger partial charge on any atom is -0.423 e. The molecule has 5 nitrogen and oxygen atoms in total. The molecule has 0 saturated carbocycles. The van der Waals surface area contributed by atoms with Gasteiger partial charge in [0.1, 0.15) is 5.65 Å². The summed E-state index contributed by atoms with van der Waals surface area (Å²) in [5, 5.41) is 19.4. The Bertz CT molecular complexity index is 609. The number of nitrogens with one attached hydrogen (secondary N) is 1. The lowest BCUT2D eigenvalue weighted by Crippen LogP contribution is -2.32. The highest BCUT2D eigenvalue weighted by Crippen LogP contribution is 2.19. The molecular weight excluding hydrogens is 241 g/mol. The number of H-pyrrole nitrogens is 1. The topological polar surface area (TPSA) is 72.4 Å². The van der Waals surface area contributed by atoms with Gasteiger partial charge in [-0.1, -0.05) is 6.08 Å². The van der Waals surface area contributed by atoms with Crippen LogP contribution in [0.3, 0.4) is 0 Å². The van der Waals surface area contributed by atoms with Crippen molar-refractivity contribution >= 4 is 18.2 Å². The van der Waals surface area contributed by atoms with Crippen LogP contribution >= 0.6 is 0 Å². The fraction of sp³-hybridized carbons (Fsp3) is 0.308. The average molecular weight is 257 g/mol. The molecule has 3 heterocycles. The van der Waals surface area contributed by atoms with Crippen molar-refractivity contribution in [3.05, 3.63) is 41.6 Å². The van der Waals surface area contributed by atoms with Crippen molar-refractivity contribution < 1.29 is 10.0 Å². The zero-order chi connectivity index (χ0) is 13.2. The third-order valence-electron chi connectivity index (χ3n) is 3.60. The summed E-state index contributed by atoms with van der Waals surface area (Å²) in [6.45, 7) is 2.45. The normalized spacial score (nSPS) is 16.6. The first kappa shape index (κ1) is 12.4. The molecule has 2 aromatic heterocycles. The molecule has 0 aromatic carbocycles. The Balaban J connectivity index is 1.75. The van der Waals surface area contributed by atoms with Gasteiger partial charge in [0.15, 0.2) is 0 Å². The largest absolute Gasteiger partial charge is 0.483 e. The van der Waals surface area contributed by atoms with E-state index in [4.69, 9.17) is 10.0 Å². The summed E-state index contributed by atoms with van der Waals surface area (Å²) < 4.78 is 0. The van der Waals surface area contributed by atoms with Crippen molar-refractivity contribution in [2.75, 3.05) is 13.1 Å². The van der Waals surface area contributed by atoms with Gasteiger partial charge in [0.05, 0.1) is 0 Å². The van der Waals surface area contributed by atoms with Crippen LogP contribution < -0.4 is 0 Å². The standard InChI is InChI=1S/C13H16BN3O2/c18-14(19)11-3-7-17(8-4-11)9-10-1-5-15-13-12(10)2-6-16-13/h1-3,5-6,18-19H,4,7-9H2,(H,15,16). The molecule has 0 bridgehead atoms. The Morgan fingerprint density at radius 2 is 2.26 bits per heavy atom. The van der Waals surface area contributed by atoms with E-state index in [1.165, 1.54) is 5.56 Å². The number of aromatic amines is 1. The van der Waals surface area contributed by atoms with Crippen LogP contribution in [0.4, 0.5) is 0 Å². The first-order valence-electron chi connectivity index (χ1n) is 6.42. The number of rotatable bonds is 3. The molecule has 0 spiro atoms. The van der Waals surface area contributed by atoms with Crippen molar-refractivity contribution in [2.45, 2.75) is 13.0 Å². The fourth-order valence-electron chi connectivity index (χ4n) is 2.50. The van der Waals surface area contributed by atoms with Gasteiger partial charge in [-0.15, -0.1) is 0 Å². The summed E-state index contributed by atoms with van der Waals surface area (Å²) in [6.07, 6.45) is 6.33. The third-order valence-corrected chi connectivity index (χ3v) is 3.60. The van der Waals surface area contributed by atoms with E-state index in [9.17, 15) is 0 Å². The summed E-state index contributed by atoms with van der Waals surface area (Å²) >= 11 is 0. The van der Waals surface area contributed by atoms with Gasteiger partial charge in [0.25, 0.3) is 0 Å². The van der Waals surface area contributed by atoms with E-state index >= 15 is 0 Å². The molecule has 3 rings (SSSR count). The van der Waals surface area contributed by atoms with E-state index in [2.05, 4.69) is 14.9 Å². The molecule has 0 radical (unpaired) electrons. The molecular formula is C13H16BN3O2. The lowest BCUT2D eigenvalue weighted by Gasteiger charge is -2.26. The van der Waals surface area contributed by atoms with Crippen LogP contribution in [0.1, 0.15) is 12.0 Å². The summed E-state index contributed by atoms with van der Waals surface area (Å²) in [5.41, 5.74) is 2.88. The van der Waals surface area contributed by atoms with Crippen LogP contribution in [-0.4, -0.2) is 45.1 Å². The zero-order valence-corrected chi connectivity index (χ0v) is 10.6. The van der Waals surface area contributed by atoms with Crippen LogP contribution in [0, 0.1) is 0 Å². The van der Waals surface area contributed by atoms with Gasteiger partial charge in [-0.3, -0.25) is 4.90 Å². The molecule has 1 aliphatic rings. The maximum Gasteiger partial charge on any atom is 0.483 e. The van der Waals surface area contributed by atoms with Crippen molar-refractivity contribution in [3.63, 3.8) is 0 Å². The van der Waals surface area contributed by atoms with Gasteiger partial charge >= 0.3 is 7.12 Å². The Morgan fingerprint density at radius 3 is 3.00 bits per heavy atom. The zero-order valence-electron chi connectivity index (χ0n) is 10.6. The maximum absolute atomic E-state index is 9.12. The van der Waals surface area contributed by atoms with Gasteiger partial charge in [-0.05, 0) is 29.6 Å². The van der Waals surface area contributed by atoms with Crippen molar-refractivity contribution in [1.29, 1.82) is 0 Å². The minimum absolute atomic E-state index is 0.707. The number of hydrogen-bond donors (Lipinski definition) is 3. The van der Waals surface area contributed by atoms with Crippen LogP contribution in [0.25, 0.3) is 11.0 Å². The van der Waals surface area contributed by atoms with Crippen molar-refractivity contribution in [3.8, 4) is 0 Å². The second-order valence-electron chi connectivity index (χ2n) is 4.85. The molecule has 0 unspecified atom stereocenters. The number of nitrogens with zero attached hydrogens (tertiary/aromatic N) is 2. The molecule has 1 aliphatic heterocycles. The molecule has 19 heavy (non-hydrogen) atoms. The molecule has 98 valence electrons. The molecule has 0 aliphatic carbocycles. The van der Waals surface area contributed by atoms with Crippen molar-refractivity contribution in [1.82, 2.24) is 14.9 Å². The molecule has 3 N–H and O–H groups in total.